The van der Waals surface area contributed by atoms with Gasteiger partial charge in [0, 0.05) is 70.1 Å². The van der Waals surface area contributed by atoms with E-state index in [-0.39, 0.29) is 43.2 Å². The van der Waals surface area contributed by atoms with Crippen LogP contribution in [0.4, 0.5) is 16.3 Å². The number of amides is 3. The summed E-state index contributed by atoms with van der Waals surface area (Å²) in [5, 5.41) is 20.9. The number of nitrogens with one attached hydrogen (secondary N) is 1. The number of hydrogen-bond donors (Lipinski definition) is 2. The lowest BCUT2D eigenvalue weighted by atomic mass is 10.0. The fraction of sp³-hybridized carbons (Fsp3) is 0.654. The summed E-state index contributed by atoms with van der Waals surface area (Å²) < 4.78 is 13.5. The summed E-state index contributed by atoms with van der Waals surface area (Å²) in [6.07, 6.45) is 3.94. The number of aliphatic hydroxyl groups is 1. The van der Waals surface area contributed by atoms with Gasteiger partial charge >= 0.3 is 6.03 Å². The molecule has 2 N–H and O–H groups in total. The molecule has 39 heavy (non-hydrogen) atoms. The fourth-order valence-electron chi connectivity index (χ4n) is 4.78. The molecule has 2 aromatic heterocycles. The largest absolute Gasteiger partial charge is 0.394 e. The number of hydrogen-bond acceptors (Lipinski definition) is 9. The molecule has 2 aliphatic heterocycles. The lowest BCUT2D eigenvalue weighted by Gasteiger charge is -2.35. The Balaban J connectivity index is 1.45. The maximum Gasteiger partial charge on any atom is 0.321 e. The van der Waals surface area contributed by atoms with Crippen LogP contribution >= 0.6 is 0 Å². The van der Waals surface area contributed by atoms with E-state index in [4.69, 9.17) is 9.47 Å². The topological polar surface area (TPSA) is 138 Å². The zero-order chi connectivity index (χ0) is 27.8. The van der Waals surface area contributed by atoms with Gasteiger partial charge in [0.25, 0.3) is 0 Å². The molecule has 1 fully saturated rings. The molecular formula is C26H40N8O5. The van der Waals surface area contributed by atoms with Crippen LogP contribution in [-0.2, 0) is 27.4 Å². The first-order valence-corrected chi connectivity index (χ1v) is 13.6. The smallest absolute Gasteiger partial charge is 0.321 e. The molecular weight excluding hydrogens is 504 g/mol. The molecule has 3 atom stereocenters. The number of fused-ring (bicyclic) bond motifs is 1. The number of carbonyl (C=O) groups is 2. The molecule has 4 heterocycles. The van der Waals surface area contributed by atoms with E-state index in [0.717, 1.165) is 24.6 Å². The normalized spacial score (nSPS) is 21.9. The summed E-state index contributed by atoms with van der Waals surface area (Å²) >= 11 is 0. The number of aromatic nitrogens is 4. The van der Waals surface area contributed by atoms with Gasteiger partial charge in [-0.3, -0.25) is 4.79 Å². The molecule has 0 aromatic carbocycles. The Labute approximate surface area is 229 Å². The number of aryl methyl sites for hydroxylation is 1. The molecule has 1 saturated heterocycles. The van der Waals surface area contributed by atoms with Gasteiger partial charge < -0.3 is 34.6 Å². The van der Waals surface area contributed by atoms with E-state index in [2.05, 4.69) is 25.5 Å². The molecule has 0 radical (unpaired) electrons. The van der Waals surface area contributed by atoms with Crippen molar-refractivity contribution in [3.8, 4) is 0 Å². The van der Waals surface area contributed by atoms with Crippen molar-refractivity contribution >= 4 is 23.4 Å². The highest BCUT2D eigenvalue weighted by Gasteiger charge is 2.29. The molecule has 214 valence electrons. The predicted octanol–water partition coefficient (Wildman–Crippen LogP) is 1.20. The molecule has 0 aliphatic carbocycles. The average Bonchev–Trinajstić information content (AvgIpc) is 3.40. The number of urea groups is 1. The van der Waals surface area contributed by atoms with Crippen molar-refractivity contribution in [1.82, 2.24) is 29.8 Å². The molecule has 0 spiro atoms. The molecule has 4 rings (SSSR count). The summed E-state index contributed by atoms with van der Waals surface area (Å²) in [5.74, 6) is 0.656. The Morgan fingerprint density at radius 3 is 2.87 bits per heavy atom. The number of carbonyl (C=O) groups excluding carboxylic acids is 2. The maximum absolute atomic E-state index is 13.2. The number of aliphatic hydroxyl groups excluding tert-OH is 1. The van der Waals surface area contributed by atoms with Crippen molar-refractivity contribution in [2.75, 3.05) is 63.3 Å². The van der Waals surface area contributed by atoms with E-state index in [1.165, 1.54) is 0 Å². The van der Waals surface area contributed by atoms with Crippen molar-refractivity contribution in [1.29, 1.82) is 0 Å². The molecule has 13 heteroatoms. The van der Waals surface area contributed by atoms with Gasteiger partial charge in [0.15, 0.2) is 0 Å². The second kappa shape index (κ2) is 13.7. The first-order chi connectivity index (χ1) is 18.9. The van der Waals surface area contributed by atoms with E-state index in [0.29, 0.717) is 51.4 Å². The Morgan fingerprint density at radius 2 is 2.10 bits per heavy atom. The number of likely N-dealkylation sites (N-methyl/N-ethyl adjacent to an activating group) is 1. The van der Waals surface area contributed by atoms with E-state index in [9.17, 15) is 14.7 Å². The third-order valence-corrected chi connectivity index (χ3v) is 7.27. The zero-order valence-electron chi connectivity index (χ0n) is 23.0. The van der Waals surface area contributed by atoms with Gasteiger partial charge in [0.05, 0.1) is 50.5 Å². The zero-order valence-corrected chi connectivity index (χ0v) is 23.0. The van der Waals surface area contributed by atoms with Crippen molar-refractivity contribution in [3.05, 3.63) is 30.2 Å². The minimum Gasteiger partial charge on any atom is -0.394 e. The molecule has 0 saturated carbocycles. The van der Waals surface area contributed by atoms with Crippen molar-refractivity contribution in [2.45, 2.75) is 52.0 Å². The Kier molecular flexibility index (Phi) is 10.1. The van der Waals surface area contributed by atoms with E-state index in [1.807, 2.05) is 19.9 Å². The van der Waals surface area contributed by atoms with Crippen molar-refractivity contribution < 1.29 is 24.2 Å². The molecule has 0 unspecified atom stereocenters. The van der Waals surface area contributed by atoms with Gasteiger partial charge in [-0.2, -0.15) is 0 Å². The van der Waals surface area contributed by atoms with E-state index in [1.54, 1.807) is 40.0 Å². The predicted molar refractivity (Wildman–Crippen MR) is 144 cm³/mol. The Hall–Kier alpha value is -3.29. The van der Waals surface area contributed by atoms with Crippen LogP contribution in [0, 0.1) is 5.92 Å². The van der Waals surface area contributed by atoms with Crippen LogP contribution in [0.15, 0.2) is 24.5 Å². The van der Waals surface area contributed by atoms with Crippen molar-refractivity contribution in [2.24, 2.45) is 5.92 Å². The van der Waals surface area contributed by atoms with Gasteiger partial charge in [-0.05, 0) is 19.4 Å². The Bertz CT molecular complexity index is 1090. The second-order valence-corrected chi connectivity index (χ2v) is 10.3. The second-order valence-electron chi connectivity index (χ2n) is 10.3. The number of rotatable bonds is 6. The van der Waals surface area contributed by atoms with Gasteiger partial charge in [0.1, 0.15) is 5.82 Å². The molecule has 2 aromatic rings. The van der Waals surface area contributed by atoms with Crippen LogP contribution in [0.25, 0.3) is 0 Å². The molecule has 2 aliphatic rings. The van der Waals surface area contributed by atoms with E-state index >= 15 is 0 Å². The summed E-state index contributed by atoms with van der Waals surface area (Å²) in [6, 6.07) is 3.02. The number of morpholine rings is 1. The van der Waals surface area contributed by atoms with Crippen molar-refractivity contribution in [3.63, 3.8) is 0 Å². The molecule has 13 nitrogen and oxygen atoms in total. The van der Waals surface area contributed by atoms with Crippen LogP contribution < -0.4 is 10.2 Å². The minimum atomic E-state index is -0.383. The van der Waals surface area contributed by atoms with Gasteiger partial charge in [-0.25, -0.2) is 14.5 Å². The maximum atomic E-state index is 13.2. The highest BCUT2D eigenvalue weighted by Crippen LogP contribution is 2.20. The Morgan fingerprint density at radius 1 is 1.31 bits per heavy atom. The molecule has 3 amide bonds. The van der Waals surface area contributed by atoms with Crippen LogP contribution in [0.3, 0.4) is 0 Å². The fourth-order valence-corrected chi connectivity index (χ4v) is 4.78. The first kappa shape index (κ1) is 28.7. The monoisotopic (exact) mass is 544 g/mol. The summed E-state index contributed by atoms with van der Waals surface area (Å²) in [6.45, 7) is 8.06. The quantitative estimate of drug-likeness (QED) is 0.549. The van der Waals surface area contributed by atoms with Gasteiger partial charge in [-0.15, -0.1) is 5.10 Å². The number of ether oxygens (including phenoxy) is 2. The number of pyridine rings is 1. The summed E-state index contributed by atoms with van der Waals surface area (Å²) in [5.41, 5.74) is 1.47. The van der Waals surface area contributed by atoms with E-state index < -0.39 is 0 Å². The summed E-state index contributed by atoms with van der Waals surface area (Å²) in [7, 11) is 1.72. The summed E-state index contributed by atoms with van der Waals surface area (Å²) in [4.78, 5) is 36.1. The standard InChI is InChI=1S/C26H40N8O5/c1-19-15-33(20(2)17-35)25(36)5-4-8-34-22(14-28-30-34)18-39-23(19)16-31(3)26(37)29-21-6-7-27-24(13-21)32-9-11-38-12-10-32/h6-7,13-14,19-20,23,35H,4-5,8-12,15-18H2,1-3H3,(H,27,29,37)/t19-,20+,23+/m1/s1. The number of anilines is 2. The van der Waals surface area contributed by atoms with Gasteiger partial charge in [0.2, 0.25) is 5.91 Å². The van der Waals surface area contributed by atoms with Crippen LogP contribution in [-0.4, -0.2) is 112 Å². The third-order valence-electron chi connectivity index (χ3n) is 7.27. The van der Waals surface area contributed by atoms with Gasteiger partial charge in [-0.1, -0.05) is 12.1 Å². The highest BCUT2D eigenvalue weighted by atomic mass is 16.5. The lowest BCUT2D eigenvalue weighted by Crippen LogP contribution is -2.48. The third kappa shape index (κ3) is 7.64. The highest BCUT2D eigenvalue weighted by molar-refractivity contribution is 5.89. The first-order valence-electron chi connectivity index (χ1n) is 13.6. The molecule has 0 bridgehead atoms. The SMILES string of the molecule is C[C@@H]1CN([C@@H](C)CO)C(=O)CCCn2nncc2CO[C@H]1CN(C)C(=O)Nc1ccnc(N2CCOCC2)c1. The number of nitrogens with zero attached hydrogens (tertiary/aromatic N) is 7. The average molecular weight is 545 g/mol. The van der Waals surface area contributed by atoms with Crippen LogP contribution in [0.2, 0.25) is 0 Å². The van der Waals surface area contributed by atoms with Crippen LogP contribution in [0.1, 0.15) is 32.4 Å². The van der Waals surface area contributed by atoms with Crippen LogP contribution in [0.5, 0.6) is 0 Å². The minimum absolute atomic E-state index is 0.0238. The lowest BCUT2D eigenvalue weighted by molar-refractivity contribution is -0.136.